The predicted octanol–water partition coefficient (Wildman–Crippen LogP) is 2.80. The van der Waals surface area contributed by atoms with Gasteiger partial charge in [0.05, 0.1) is 6.10 Å². The number of carbonyl (C=O) groups excluding carboxylic acids is 1. The molecule has 2 aliphatic heterocycles. The molecule has 0 N–H and O–H groups in total. The molecule has 1 amide bonds. The summed E-state index contributed by atoms with van der Waals surface area (Å²) in [6.07, 6.45) is 4.50. The zero-order valence-electron chi connectivity index (χ0n) is 15.4. The van der Waals surface area contributed by atoms with E-state index in [-0.39, 0.29) is 12.0 Å². The van der Waals surface area contributed by atoms with Gasteiger partial charge in [-0.2, -0.15) is 0 Å². The van der Waals surface area contributed by atoms with E-state index in [1.807, 2.05) is 36.2 Å². The van der Waals surface area contributed by atoms with Crippen molar-refractivity contribution >= 4 is 5.91 Å². The minimum Gasteiger partial charge on any atom is -0.491 e. The van der Waals surface area contributed by atoms with Crippen LogP contribution in [0.4, 0.5) is 0 Å². The van der Waals surface area contributed by atoms with Gasteiger partial charge in [0.15, 0.2) is 0 Å². The molecule has 25 heavy (non-hydrogen) atoms. The number of rotatable bonds is 6. The summed E-state index contributed by atoms with van der Waals surface area (Å²) in [5.41, 5.74) is 0.727. The smallest absolute Gasteiger partial charge is 0.253 e. The third kappa shape index (κ3) is 4.73. The Bertz CT molecular complexity index is 547. The van der Waals surface area contributed by atoms with Crippen molar-refractivity contribution in [1.82, 2.24) is 9.80 Å². The van der Waals surface area contributed by atoms with Gasteiger partial charge in [-0.05, 0) is 56.5 Å². The number of hydrogen-bond donors (Lipinski definition) is 0. The quantitative estimate of drug-likeness (QED) is 0.794. The second-order valence-corrected chi connectivity index (χ2v) is 7.05. The first-order valence-corrected chi connectivity index (χ1v) is 9.51. The highest BCUT2D eigenvalue weighted by atomic mass is 16.5. The fourth-order valence-corrected chi connectivity index (χ4v) is 3.65. The zero-order chi connectivity index (χ0) is 17.6. The van der Waals surface area contributed by atoms with Crippen LogP contribution in [0.15, 0.2) is 24.3 Å². The average Bonchev–Trinajstić information content (AvgIpc) is 3.19. The largest absolute Gasteiger partial charge is 0.491 e. The van der Waals surface area contributed by atoms with Crippen molar-refractivity contribution in [3.05, 3.63) is 29.8 Å². The maximum Gasteiger partial charge on any atom is 0.253 e. The van der Waals surface area contributed by atoms with Gasteiger partial charge in [-0.1, -0.05) is 6.92 Å². The molecule has 2 fully saturated rings. The van der Waals surface area contributed by atoms with E-state index < -0.39 is 0 Å². The second kappa shape index (κ2) is 8.68. The number of piperidine rings is 1. The molecule has 0 aromatic heterocycles. The lowest BCUT2D eigenvalue weighted by molar-refractivity contribution is 0.0644. The molecule has 2 saturated heterocycles. The predicted molar refractivity (Wildman–Crippen MR) is 98.1 cm³/mol. The Morgan fingerprint density at radius 1 is 1.24 bits per heavy atom. The van der Waals surface area contributed by atoms with Crippen molar-refractivity contribution in [3.63, 3.8) is 0 Å². The molecule has 1 aromatic carbocycles. The number of carbonyl (C=O) groups is 1. The van der Waals surface area contributed by atoms with Crippen LogP contribution in [-0.4, -0.2) is 67.7 Å². The fraction of sp³-hybridized carbons (Fsp3) is 0.650. The van der Waals surface area contributed by atoms with Gasteiger partial charge >= 0.3 is 0 Å². The highest BCUT2D eigenvalue weighted by molar-refractivity contribution is 5.94. The minimum atomic E-state index is 0.0978. The Morgan fingerprint density at radius 2 is 1.96 bits per heavy atom. The number of likely N-dealkylation sites (tertiary alicyclic amines) is 1. The van der Waals surface area contributed by atoms with Crippen molar-refractivity contribution in [2.45, 2.75) is 44.8 Å². The van der Waals surface area contributed by atoms with Gasteiger partial charge in [-0.15, -0.1) is 0 Å². The third-order valence-electron chi connectivity index (χ3n) is 5.43. The Hall–Kier alpha value is -1.59. The lowest BCUT2D eigenvalue weighted by atomic mass is 10.0. The summed E-state index contributed by atoms with van der Waals surface area (Å²) in [5.74, 6) is 0.895. The number of ether oxygens (including phenoxy) is 2. The average molecular weight is 346 g/mol. The molecule has 0 aliphatic carbocycles. The standard InChI is InChI=1S/C20H30N2O3/c1-3-22-12-10-17(11-13-22)21(2)20(23)16-6-8-18(9-7-16)25-15-19-5-4-14-24-19/h6-9,17,19H,3-5,10-15H2,1-2H3. The first kappa shape index (κ1) is 18.2. The summed E-state index contributed by atoms with van der Waals surface area (Å²) in [7, 11) is 1.93. The molecular weight excluding hydrogens is 316 g/mol. The maximum atomic E-state index is 12.7. The van der Waals surface area contributed by atoms with E-state index >= 15 is 0 Å². The molecule has 1 atom stereocenters. The zero-order valence-corrected chi connectivity index (χ0v) is 15.4. The van der Waals surface area contributed by atoms with E-state index in [9.17, 15) is 4.79 Å². The second-order valence-electron chi connectivity index (χ2n) is 7.05. The van der Waals surface area contributed by atoms with E-state index in [1.54, 1.807) is 0 Å². The van der Waals surface area contributed by atoms with Crippen molar-refractivity contribution in [2.75, 3.05) is 39.9 Å². The lowest BCUT2D eigenvalue weighted by Crippen LogP contribution is -2.45. The van der Waals surface area contributed by atoms with E-state index in [2.05, 4.69) is 11.8 Å². The molecule has 5 nitrogen and oxygen atoms in total. The number of amides is 1. The van der Waals surface area contributed by atoms with Crippen LogP contribution in [-0.2, 0) is 4.74 Å². The summed E-state index contributed by atoms with van der Waals surface area (Å²) in [6.45, 7) is 6.87. The Morgan fingerprint density at radius 3 is 2.56 bits per heavy atom. The number of hydrogen-bond acceptors (Lipinski definition) is 4. The normalized spacial score (nSPS) is 22.1. The molecule has 1 unspecified atom stereocenters. The van der Waals surface area contributed by atoms with Crippen LogP contribution in [0.25, 0.3) is 0 Å². The molecule has 2 aliphatic rings. The third-order valence-corrected chi connectivity index (χ3v) is 5.43. The summed E-state index contributed by atoms with van der Waals surface area (Å²) < 4.78 is 11.3. The molecule has 0 bridgehead atoms. The Labute approximate surface area is 150 Å². The van der Waals surface area contributed by atoms with Crippen molar-refractivity contribution in [2.24, 2.45) is 0 Å². The summed E-state index contributed by atoms with van der Waals surface area (Å²) in [5, 5.41) is 0. The topological polar surface area (TPSA) is 42.0 Å². The Balaban J connectivity index is 1.51. The molecule has 3 rings (SSSR count). The summed E-state index contributed by atoms with van der Waals surface area (Å²) in [4.78, 5) is 17.1. The van der Waals surface area contributed by atoms with Gasteiger partial charge in [-0.3, -0.25) is 4.79 Å². The maximum absolute atomic E-state index is 12.7. The molecule has 138 valence electrons. The SMILES string of the molecule is CCN1CCC(N(C)C(=O)c2ccc(OCC3CCCO3)cc2)CC1. The van der Waals surface area contributed by atoms with Crippen LogP contribution in [0.2, 0.25) is 0 Å². The molecule has 5 heteroatoms. The summed E-state index contributed by atoms with van der Waals surface area (Å²) >= 11 is 0. The minimum absolute atomic E-state index is 0.0978. The van der Waals surface area contributed by atoms with Crippen LogP contribution >= 0.6 is 0 Å². The molecule has 2 heterocycles. The van der Waals surface area contributed by atoms with Crippen LogP contribution in [0.1, 0.15) is 43.0 Å². The Kier molecular flexibility index (Phi) is 6.32. The molecule has 0 spiro atoms. The lowest BCUT2D eigenvalue weighted by Gasteiger charge is -2.36. The number of nitrogens with zero attached hydrogens (tertiary/aromatic N) is 2. The van der Waals surface area contributed by atoms with Crippen molar-refractivity contribution in [1.29, 1.82) is 0 Å². The van der Waals surface area contributed by atoms with E-state index in [4.69, 9.17) is 9.47 Å². The first-order chi connectivity index (χ1) is 12.2. The van der Waals surface area contributed by atoms with Gasteiger partial charge in [-0.25, -0.2) is 0 Å². The van der Waals surface area contributed by atoms with Gasteiger partial charge in [0.1, 0.15) is 12.4 Å². The number of benzene rings is 1. The molecule has 1 aromatic rings. The highest BCUT2D eigenvalue weighted by Gasteiger charge is 2.25. The van der Waals surface area contributed by atoms with Crippen molar-refractivity contribution < 1.29 is 14.3 Å². The van der Waals surface area contributed by atoms with Gasteiger partial charge in [0.2, 0.25) is 0 Å². The van der Waals surface area contributed by atoms with E-state index in [0.29, 0.717) is 12.6 Å². The van der Waals surface area contributed by atoms with Crippen molar-refractivity contribution in [3.8, 4) is 5.75 Å². The van der Waals surface area contributed by atoms with Gasteiger partial charge in [0.25, 0.3) is 5.91 Å². The summed E-state index contributed by atoms with van der Waals surface area (Å²) in [6, 6.07) is 7.84. The molecule has 0 radical (unpaired) electrons. The molecular formula is C20H30N2O3. The van der Waals surface area contributed by atoms with Gasteiger partial charge in [0, 0.05) is 38.3 Å². The molecule has 0 saturated carbocycles. The fourth-order valence-electron chi connectivity index (χ4n) is 3.65. The van der Waals surface area contributed by atoms with E-state index in [1.165, 1.54) is 0 Å². The first-order valence-electron chi connectivity index (χ1n) is 9.51. The van der Waals surface area contributed by atoms with Crippen LogP contribution in [0.3, 0.4) is 0 Å². The van der Waals surface area contributed by atoms with Crippen LogP contribution in [0, 0.1) is 0 Å². The van der Waals surface area contributed by atoms with Gasteiger partial charge < -0.3 is 19.3 Å². The monoisotopic (exact) mass is 346 g/mol. The highest BCUT2D eigenvalue weighted by Crippen LogP contribution is 2.20. The van der Waals surface area contributed by atoms with E-state index in [0.717, 1.165) is 63.2 Å². The van der Waals surface area contributed by atoms with Crippen LogP contribution in [0.5, 0.6) is 5.75 Å². The van der Waals surface area contributed by atoms with Crippen LogP contribution < -0.4 is 4.74 Å².